The number of aromatic nitrogens is 1. The minimum Gasteiger partial charge on any atom is -0.396 e. The van der Waals surface area contributed by atoms with E-state index in [0.29, 0.717) is 12.3 Å². The molecule has 0 aliphatic carbocycles. The Labute approximate surface area is 82.6 Å². The van der Waals surface area contributed by atoms with E-state index in [1.54, 1.807) is 11.3 Å². The number of nitrogens with two attached hydrogens (primary N) is 1. The lowest BCUT2D eigenvalue weighted by Crippen LogP contribution is -2.09. The summed E-state index contributed by atoms with van der Waals surface area (Å²) in [4.78, 5) is 5.34. The first kappa shape index (κ1) is 10.6. The molecule has 0 fully saturated rings. The summed E-state index contributed by atoms with van der Waals surface area (Å²) in [5.41, 5.74) is 5.83. The first-order valence-corrected chi connectivity index (χ1v) is 5.29. The van der Waals surface area contributed by atoms with Gasteiger partial charge in [-0.1, -0.05) is 13.8 Å². The van der Waals surface area contributed by atoms with Gasteiger partial charge in [0.1, 0.15) is 0 Å². The first-order valence-electron chi connectivity index (χ1n) is 4.47. The normalized spacial score (nSPS) is 13.6. The van der Waals surface area contributed by atoms with Gasteiger partial charge in [0, 0.05) is 29.6 Å². The van der Waals surface area contributed by atoms with Crippen molar-refractivity contribution in [3.63, 3.8) is 0 Å². The number of aliphatic hydroxyl groups excluding tert-OH is 1. The summed E-state index contributed by atoms with van der Waals surface area (Å²) in [6.45, 7) is 4.36. The molecule has 3 N–H and O–H groups in total. The Hall–Kier alpha value is -0.450. The van der Waals surface area contributed by atoms with Gasteiger partial charge in [-0.25, -0.2) is 4.98 Å². The molecule has 13 heavy (non-hydrogen) atoms. The van der Waals surface area contributed by atoms with E-state index in [1.165, 1.54) is 0 Å². The largest absolute Gasteiger partial charge is 0.396 e. The van der Waals surface area contributed by atoms with E-state index in [2.05, 4.69) is 18.8 Å². The Balaban J connectivity index is 2.67. The summed E-state index contributed by atoms with van der Waals surface area (Å²) in [5, 5.41) is 9.83. The SMILES string of the molecule is CC(C)c1ncc(C(N)CCO)s1. The van der Waals surface area contributed by atoms with Crippen LogP contribution in [0, 0.1) is 0 Å². The fraction of sp³-hybridized carbons (Fsp3) is 0.667. The summed E-state index contributed by atoms with van der Waals surface area (Å²) in [5.74, 6) is 0.458. The minimum absolute atomic E-state index is 0.0602. The van der Waals surface area contributed by atoms with Crippen molar-refractivity contribution < 1.29 is 5.11 Å². The molecule has 0 aromatic carbocycles. The second-order valence-electron chi connectivity index (χ2n) is 3.37. The van der Waals surface area contributed by atoms with Crippen LogP contribution in [0.15, 0.2) is 6.20 Å². The zero-order valence-electron chi connectivity index (χ0n) is 8.03. The third-order valence-electron chi connectivity index (χ3n) is 1.84. The summed E-state index contributed by atoms with van der Waals surface area (Å²) in [7, 11) is 0. The van der Waals surface area contributed by atoms with E-state index in [4.69, 9.17) is 10.8 Å². The highest BCUT2D eigenvalue weighted by Gasteiger charge is 2.11. The van der Waals surface area contributed by atoms with Crippen LogP contribution >= 0.6 is 11.3 Å². The second-order valence-corrected chi connectivity index (χ2v) is 4.47. The molecule has 1 rings (SSSR count). The molecule has 3 nitrogen and oxygen atoms in total. The number of aliphatic hydroxyl groups is 1. The molecule has 0 aliphatic heterocycles. The number of hydrogen-bond acceptors (Lipinski definition) is 4. The Morgan fingerprint density at radius 2 is 2.31 bits per heavy atom. The van der Waals surface area contributed by atoms with Crippen LogP contribution in [0.5, 0.6) is 0 Å². The second kappa shape index (κ2) is 4.69. The average Bonchev–Trinajstić information content (AvgIpc) is 2.52. The van der Waals surface area contributed by atoms with Crippen LogP contribution in [0.3, 0.4) is 0 Å². The summed E-state index contributed by atoms with van der Waals surface area (Å²) in [6.07, 6.45) is 2.43. The van der Waals surface area contributed by atoms with Crippen LogP contribution in [-0.2, 0) is 0 Å². The van der Waals surface area contributed by atoms with Gasteiger partial charge in [0.05, 0.1) is 5.01 Å². The Bertz CT molecular complexity index is 260. The van der Waals surface area contributed by atoms with E-state index in [-0.39, 0.29) is 12.6 Å². The topological polar surface area (TPSA) is 59.1 Å². The van der Waals surface area contributed by atoms with Crippen molar-refractivity contribution in [3.8, 4) is 0 Å². The molecule has 1 atom stereocenters. The van der Waals surface area contributed by atoms with Crippen LogP contribution in [-0.4, -0.2) is 16.7 Å². The predicted molar refractivity (Wildman–Crippen MR) is 54.8 cm³/mol. The lowest BCUT2D eigenvalue weighted by atomic mass is 10.2. The van der Waals surface area contributed by atoms with Crippen LogP contribution in [0.1, 0.15) is 42.1 Å². The van der Waals surface area contributed by atoms with Crippen LogP contribution in [0.25, 0.3) is 0 Å². The number of hydrogen-bond donors (Lipinski definition) is 2. The van der Waals surface area contributed by atoms with Crippen molar-refractivity contribution in [1.82, 2.24) is 4.98 Å². The van der Waals surface area contributed by atoms with E-state index in [0.717, 1.165) is 9.88 Å². The molecule has 0 saturated heterocycles. The van der Waals surface area contributed by atoms with Gasteiger partial charge in [0.15, 0.2) is 0 Å². The Morgan fingerprint density at radius 1 is 1.62 bits per heavy atom. The van der Waals surface area contributed by atoms with Gasteiger partial charge in [0.25, 0.3) is 0 Å². The predicted octanol–water partition coefficient (Wildman–Crippen LogP) is 1.65. The lowest BCUT2D eigenvalue weighted by molar-refractivity contribution is 0.277. The standard InChI is InChI=1S/C9H16N2OS/c1-6(2)9-11-5-8(13-9)7(10)3-4-12/h5-7,12H,3-4,10H2,1-2H3. The molecule has 4 heteroatoms. The monoisotopic (exact) mass is 200 g/mol. The van der Waals surface area contributed by atoms with Crippen molar-refractivity contribution in [2.75, 3.05) is 6.61 Å². The van der Waals surface area contributed by atoms with Gasteiger partial charge in [-0.15, -0.1) is 11.3 Å². The van der Waals surface area contributed by atoms with Crippen LogP contribution < -0.4 is 5.73 Å². The molecule has 0 radical (unpaired) electrons. The summed E-state index contributed by atoms with van der Waals surface area (Å²) >= 11 is 1.64. The summed E-state index contributed by atoms with van der Waals surface area (Å²) in [6, 6.07) is -0.0602. The molecule has 0 saturated carbocycles. The highest BCUT2D eigenvalue weighted by atomic mass is 32.1. The lowest BCUT2D eigenvalue weighted by Gasteiger charge is -2.05. The molecule has 0 amide bonds. The molecular formula is C9H16N2OS. The van der Waals surface area contributed by atoms with Crippen molar-refractivity contribution in [2.24, 2.45) is 5.73 Å². The number of nitrogens with zero attached hydrogens (tertiary/aromatic N) is 1. The van der Waals surface area contributed by atoms with Gasteiger partial charge < -0.3 is 10.8 Å². The molecule has 1 heterocycles. The molecule has 1 aromatic heterocycles. The van der Waals surface area contributed by atoms with Crippen molar-refractivity contribution in [1.29, 1.82) is 0 Å². The van der Waals surface area contributed by atoms with E-state index in [9.17, 15) is 0 Å². The highest BCUT2D eigenvalue weighted by molar-refractivity contribution is 7.11. The smallest absolute Gasteiger partial charge is 0.0953 e. The third kappa shape index (κ3) is 2.76. The van der Waals surface area contributed by atoms with Crippen LogP contribution in [0.2, 0.25) is 0 Å². The molecule has 0 aliphatic rings. The molecule has 74 valence electrons. The van der Waals surface area contributed by atoms with E-state index < -0.39 is 0 Å². The third-order valence-corrected chi connectivity index (χ3v) is 3.27. The van der Waals surface area contributed by atoms with Crippen molar-refractivity contribution in [3.05, 3.63) is 16.1 Å². The zero-order valence-corrected chi connectivity index (χ0v) is 8.84. The van der Waals surface area contributed by atoms with Gasteiger partial charge in [-0.2, -0.15) is 0 Å². The van der Waals surface area contributed by atoms with Crippen molar-refractivity contribution >= 4 is 11.3 Å². The van der Waals surface area contributed by atoms with Crippen LogP contribution in [0.4, 0.5) is 0 Å². The Kier molecular flexibility index (Phi) is 3.84. The maximum absolute atomic E-state index is 8.72. The maximum atomic E-state index is 8.72. The molecule has 0 spiro atoms. The fourth-order valence-corrected chi connectivity index (χ4v) is 1.98. The molecule has 1 aromatic rings. The zero-order chi connectivity index (χ0) is 9.84. The molecular weight excluding hydrogens is 184 g/mol. The van der Waals surface area contributed by atoms with Gasteiger partial charge in [-0.3, -0.25) is 0 Å². The van der Waals surface area contributed by atoms with E-state index >= 15 is 0 Å². The molecule has 1 unspecified atom stereocenters. The van der Waals surface area contributed by atoms with Gasteiger partial charge in [0.2, 0.25) is 0 Å². The van der Waals surface area contributed by atoms with Crippen molar-refractivity contribution in [2.45, 2.75) is 32.2 Å². The fourth-order valence-electron chi connectivity index (χ4n) is 1.02. The average molecular weight is 200 g/mol. The number of thiazole rings is 1. The highest BCUT2D eigenvalue weighted by Crippen LogP contribution is 2.25. The minimum atomic E-state index is -0.0602. The molecule has 0 bridgehead atoms. The quantitative estimate of drug-likeness (QED) is 0.777. The van der Waals surface area contributed by atoms with Gasteiger partial charge in [-0.05, 0) is 6.42 Å². The Morgan fingerprint density at radius 3 is 2.77 bits per heavy atom. The summed E-state index contributed by atoms with van der Waals surface area (Å²) < 4.78 is 0. The van der Waals surface area contributed by atoms with E-state index in [1.807, 2.05) is 6.20 Å². The first-order chi connectivity index (χ1) is 6.15. The number of rotatable bonds is 4. The van der Waals surface area contributed by atoms with Gasteiger partial charge >= 0.3 is 0 Å². The maximum Gasteiger partial charge on any atom is 0.0953 e.